The molecule has 3 aliphatic heterocycles. The molecule has 2 aromatic rings. The highest BCUT2D eigenvalue weighted by atomic mass is 16.4. The monoisotopic (exact) mass is 243 g/mol. The number of nitrogens with zero attached hydrogens (tertiary/aromatic N) is 1. The molecule has 2 bridgehead atoms. The average molecular weight is 243 g/mol. The Balaban J connectivity index is 1.86. The molecule has 4 heterocycles. The summed E-state index contributed by atoms with van der Waals surface area (Å²) in [4.78, 5) is 2.34. The predicted octanol–water partition coefficient (Wildman–Crippen LogP) is 2.35. The second kappa shape index (κ2) is 3.59. The first-order valence-electron chi connectivity index (χ1n) is 6.69. The van der Waals surface area contributed by atoms with Crippen molar-refractivity contribution in [1.82, 2.24) is 4.90 Å². The van der Waals surface area contributed by atoms with Crippen molar-refractivity contribution >= 4 is 10.8 Å². The fraction of sp³-hybridized carbons (Fsp3) is 0.467. The van der Waals surface area contributed by atoms with Gasteiger partial charge in [-0.1, -0.05) is 24.3 Å². The van der Waals surface area contributed by atoms with E-state index < -0.39 is 5.60 Å². The van der Waals surface area contributed by atoms with Gasteiger partial charge in [0.1, 0.15) is 11.4 Å². The number of hydrogen-bond donors (Lipinski definition) is 1. The first-order chi connectivity index (χ1) is 8.77. The number of hydrogen-bond acceptors (Lipinski definition) is 3. The molecule has 3 aliphatic rings. The van der Waals surface area contributed by atoms with Crippen molar-refractivity contribution in [3.8, 4) is 0 Å². The van der Waals surface area contributed by atoms with E-state index in [-0.39, 0.29) is 0 Å². The van der Waals surface area contributed by atoms with Gasteiger partial charge in [0.25, 0.3) is 0 Å². The maximum Gasteiger partial charge on any atom is 0.144 e. The lowest BCUT2D eigenvalue weighted by Crippen LogP contribution is -2.57. The van der Waals surface area contributed by atoms with Gasteiger partial charge in [0.2, 0.25) is 0 Å². The molecule has 1 atom stereocenters. The zero-order valence-electron chi connectivity index (χ0n) is 10.3. The van der Waals surface area contributed by atoms with Gasteiger partial charge in [-0.05, 0) is 31.8 Å². The lowest BCUT2D eigenvalue weighted by atomic mass is 9.73. The van der Waals surface area contributed by atoms with Gasteiger partial charge < -0.3 is 9.52 Å². The van der Waals surface area contributed by atoms with Gasteiger partial charge in [0.15, 0.2) is 0 Å². The van der Waals surface area contributed by atoms with E-state index in [1.54, 1.807) is 6.26 Å². The Morgan fingerprint density at radius 1 is 1.22 bits per heavy atom. The summed E-state index contributed by atoms with van der Waals surface area (Å²) in [5.74, 6) is 1.12. The van der Waals surface area contributed by atoms with E-state index in [0.29, 0.717) is 5.92 Å². The largest absolute Gasteiger partial charge is 0.465 e. The van der Waals surface area contributed by atoms with Crippen LogP contribution in [0.4, 0.5) is 0 Å². The van der Waals surface area contributed by atoms with Gasteiger partial charge in [0, 0.05) is 17.3 Å². The van der Waals surface area contributed by atoms with Crippen molar-refractivity contribution in [3.05, 3.63) is 36.3 Å². The lowest BCUT2D eigenvalue weighted by Gasteiger charge is -2.49. The zero-order valence-corrected chi connectivity index (χ0v) is 10.3. The van der Waals surface area contributed by atoms with Gasteiger partial charge in [-0.15, -0.1) is 0 Å². The standard InChI is InChI=1S/C15H17NO2/c17-15(10-16-7-5-12(15)6-8-16)14-13-4-2-1-3-11(13)9-18-14/h1-4,9,12,17H,5-8,10H2. The molecule has 5 rings (SSSR count). The predicted molar refractivity (Wildman–Crippen MR) is 69.3 cm³/mol. The summed E-state index contributed by atoms with van der Waals surface area (Å²) in [5, 5.41) is 13.2. The van der Waals surface area contributed by atoms with Crippen molar-refractivity contribution in [1.29, 1.82) is 0 Å². The van der Waals surface area contributed by atoms with Crippen LogP contribution in [0.5, 0.6) is 0 Å². The fourth-order valence-corrected chi connectivity index (χ4v) is 3.62. The van der Waals surface area contributed by atoms with E-state index >= 15 is 0 Å². The average Bonchev–Trinajstić information content (AvgIpc) is 2.84. The molecule has 3 saturated heterocycles. The maximum atomic E-state index is 11.1. The maximum absolute atomic E-state index is 11.1. The van der Waals surface area contributed by atoms with Crippen molar-refractivity contribution in [2.45, 2.75) is 18.4 Å². The first kappa shape index (κ1) is 10.6. The molecule has 0 saturated carbocycles. The minimum absolute atomic E-state index is 0.344. The number of furan rings is 1. The van der Waals surface area contributed by atoms with E-state index in [1.807, 2.05) is 24.3 Å². The molecule has 3 heteroatoms. The molecule has 0 aliphatic carbocycles. The minimum Gasteiger partial charge on any atom is -0.465 e. The van der Waals surface area contributed by atoms with Crippen molar-refractivity contribution in [2.75, 3.05) is 19.6 Å². The Morgan fingerprint density at radius 2 is 2.00 bits per heavy atom. The van der Waals surface area contributed by atoms with E-state index in [9.17, 15) is 5.11 Å². The Bertz CT molecular complexity index is 583. The van der Waals surface area contributed by atoms with Crippen LogP contribution in [0.15, 0.2) is 34.9 Å². The molecule has 1 unspecified atom stereocenters. The van der Waals surface area contributed by atoms with E-state index in [1.165, 1.54) is 0 Å². The third kappa shape index (κ3) is 1.32. The van der Waals surface area contributed by atoms with Crippen molar-refractivity contribution in [2.24, 2.45) is 5.92 Å². The summed E-state index contributed by atoms with van der Waals surface area (Å²) < 4.78 is 5.73. The van der Waals surface area contributed by atoms with E-state index in [0.717, 1.165) is 49.0 Å². The SMILES string of the molecule is OC1(c2occ3ccccc23)CN2CCC1CC2. The molecule has 3 fully saturated rings. The first-order valence-corrected chi connectivity index (χ1v) is 6.69. The third-order valence-corrected chi connectivity index (χ3v) is 4.63. The van der Waals surface area contributed by atoms with E-state index in [2.05, 4.69) is 4.90 Å². The van der Waals surface area contributed by atoms with Gasteiger partial charge in [-0.2, -0.15) is 0 Å². The normalized spacial score (nSPS) is 35.2. The summed E-state index contributed by atoms with van der Waals surface area (Å²) in [7, 11) is 0. The topological polar surface area (TPSA) is 36.6 Å². The molecule has 1 aromatic heterocycles. The second-order valence-electron chi connectivity index (χ2n) is 5.63. The van der Waals surface area contributed by atoms with Gasteiger partial charge >= 0.3 is 0 Å². The molecule has 1 N–H and O–H groups in total. The molecule has 0 spiro atoms. The number of piperidine rings is 3. The second-order valence-corrected chi connectivity index (χ2v) is 5.63. The number of rotatable bonds is 1. The number of aliphatic hydroxyl groups is 1. The van der Waals surface area contributed by atoms with Gasteiger partial charge in [-0.3, -0.25) is 4.90 Å². The molecule has 0 amide bonds. The van der Waals surface area contributed by atoms with Crippen LogP contribution in [0.3, 0.4) is 0 Å². The fourth-order valence-electron chi connectivity index (χ4n) is 3.62. The summed E-state index contributed by atoms with van der Waals surface area (Å²) in [6.45, 7) is 2.95. The van der Waals surface area contributed by atoms with Crippen LogP contribution < -0.4 is 0 Å². The smallest absolute Gasteiger partial charge is 0.144 e. The molecular formula is C15H17NO2. The zero-order chi connectivity index (χ0) is 12.2. The summed E-state index contributed by atoms with van der Waals surface area (Å²) in [6, 6.07) is 8.09. The number of benzene rings is 1. The highest BCUT2D eigenvalue weighted by molar-refractivity contribution is 5.84. The Hall–Kier alpha value is -1.32. The van der Waals surface area contributed by atoms with Crippen LogP contribution in [0.2, 0.25) is 0 Å². The molecule has 1 aromatic carbocycles. The van der Waals surface area contributed by atoms with Crippen LogP contribution in [-0.2, 0) is 5.60 Å². The molecule has 0 radical (unpaired) electrons. The Kier molecular flexibility index (Phi) is 2.11. The molecule has 18 heavy (non-hydrogen) atoms. The highest BCUT2D eigenvalue weighted by Crippen LogP contribution is 2.44. The summed E-state index contributed by atoms with van der Waals surface area (Å²) >= 11 is 0. The van der Waals surface area contributed by atoms with Crippen LogP contribution in [-0.4, -0.2) is 29.6 Å². The quantitative estimate of drug-likeness (QED) is 0.835. The van der Waals surface area contributed by atoms with Crippen LogP contribution in [0, 0.1) is 5.92 Å². The van der Waals surface area contributed by atoms with Crippen molar-refractivity contribution < 1.29 is 9.52 Å². The minimum atomic E-state index is -0.792. The molecular weight excluding hydrogens is 226 g/mol. The van der Waals surface area contributed by atoms with Gasteiger partial charge in [-0.25, -0.2) is 0 Å². The summed E-state index contributed by atoms with van der Waals surface area (Å²) in [6.07, 6.45) is 3.91. The lowest BCUT2D eigenvalue weighted by molar-refractivity contribution is -0.128. The number of fused-ring (bicyclic) bond motifs is 4. The van der Waals surface area contributed by atoms with Gasteiger partial charge in [0.05, 0.1) is 6.26 Å². The molecule has 94 valence electrons. The Labute approximate surface area is 106 Å². The molecule has 3 nitrogen and oxygen atoms in total. The third-order valence-electron chi connectivity index (χ3n) is 4.63. The van der Waals surface area contributed by atoms with Crippen molar-refractivity contribution in [3.63, 3.8) is 0 Å². The van der Waals surface area contributed by atoms with Crippen LogP contribution in [0.1, 0.15) is 18.6 Å². The Morgan fingerprint density at radius 3 is 2.72 bits per heavy atom. The van der Waals surface area contributed by atoms with Crippen LogP contribution >= 0.6 is 0 Å². The summed E-state index contributed by atoms with van der Waals surface area (Å²) in [5.41, 5.74) is -0.792. The van der Waals surface area contributed by atoms with Crippen LogP contribution in [0.25, 0.3) is 10.8 Å². The van der Waals surface area contributed by atoms with E-state index in [4.69, 9.17) is 4.42 Å². The highest BCUT2D eigenvalue weighted by Gasteiger charge is 2.49.